The lowest BCUT2D eigenvalue weighted by Crippen LogP contribution is -2.39. The Morgan fingerprint density at radius 3 is 2.87 bits per heavy atom. The highest BCUT2D eigenvalue weighted by atomic mass is 16.5. The molecule has 2 heterocycles. The van der Waals surface area contributed by atoms with Crippen molar-refractivity contribution in [1.82, 2.24) is 4.90 Å². The summed E-state index contributed by atoms with van der Waals surface area (Å²) in [6.45, 7) is 1.21. The minimum absolute atomic E-state index is 0.00953. The number of anilines is 2. The summed E-state index contributed by atoms with van der Waals surface area (Å²) in [7, 11) is 0. The van der Waals surface area contributed by atoms with E-state index in [0.29, 0.717) is 30.8 Å². The van der Waals surface area contributed by atoms with Crippen molar-refractivity contribution in [2.45, 2.75) is 38.3 Å². The molecule has 2 aliphatic heterocycles. The van der Waals surface area contributed by atoms with Crippen LogP contribution in [0.1, 0.15) is 30.4 Å². The van der Waals surface area contributed by atoms with Gasteiger partial charge in [-0.05, 0) is 61.2 Å². The van der Waals surface area contributed by atoms with Crippen LogP contribution in [-0.4, -0.2) is 41.8 Å². The van der Waals surface area contributed by atoms with Gasteiger partial charge in [0.15, 0.2) is 6.61 Å². The van der Waals surface area contributed by atoms with Crippen LogP contribution < -0.4 is 21.1 Å². The molecule has 1 fully saturated rings. The third kappa shape index (κ3) is 5.03. The molecule has 2 aliphatic rings. The van der Waals surface area contributed by atoms with Gasteiger partial charge < -0.3 is 21.1 Å². The quantitative estimate of drug-likeness (QED) is 0.632. The maximum atomic E-state index is 12.5. The first-order valence-corrected chi connectivity index (χ1v) is 10.5. The van der Waals surface area contributed by atoms with E-state index in [1.807, 2.05) is 30.3 Å². The second kappa shape index (κ2) is 9.18. The second-order valence-electron chi connectivity index (χ2n) is 7.89. The van der Waals surface area contributed by atoms with Crippen LogP contribution in [0.5, 0.6) is 5.75 Å². The second-order valence-corrected chi connectivity index (χ2v) is 7.89. The van der Waals surface area contributed by atoms with Gasteiger partial charge in [-0.3, -0.25) is 19.3 Å². The van der Waals surface area contributed by atoms with Gasteiger partial charge in [-0.2, -0.15) is 0 Å². The van der Waals surface area contributed by atoms with E-state index in [9.17, 15) is 14.4 Å². The van der Waals surface area contributed by atoms with E-state index in [1.54, 1.807) is 12.1 Å². The van der Waals surface area contributed by atoms with E-state index in [2.05, 4.69) is 15.5 Å². The van der Waals surface area contributed by atoms with Crippen molar-refractivity contribution in [2.24, 2.45) is 5.73 Å². The number of rotatable bonds is 7. The molecule has 0 aliphatic carbocycles. The molecular weight excluding hydrogens is 396 g/mol. The number of carbonyl (C=O) groups is 3. The molecule has 0 saturated carbocycles. The lowest BCUT2D eigenvalue weighted by molar-refractivity contribution is -0.122. The summed E-state index contributed by atoms with van der Waals surface area (Å²) in [5.74, 6) is 0.0124. The molecule has 0 radical (unpaired) electrons. The largest absolute Gasteiger partial charge is 0.484 e. The van der Waals surface area contributed by atoms with E-state index in [1.165, 1.54) is 0 Å². The van der Waals surface area contributed by atoms with Gasteiger partial charge in [-0.1, -0.05) is 18.2 Å². The molecule has 2 aromatic rings. The number of amides is 3. The number of ether oxygens (including phenoxy) is 1. The number of nitrogens with zero attached hydrogens (tertiary/aromatic N) is 1. The number of nitrogens with one attached hydrogen (secondary N) is 2. The Balaban J connectivity index is 1.36. The zero-order valence-electron chi connectivity index (χ0n) is 17.2. The highest BCUT2D eigenvalue weighted by molar-refractivity contribution is 5.94. The lowest BCUT2D eigenvalue weighted by Gasteiger charge is -2.23. The van der Waals surface area contributed by atoms with Crippen molar-refractivity contribution < 1.29 is 19.1 Å². The van der Waals surface area contributed by atoms with E-state index in [-0.39, 0.29) is 30.4 Å². The summed E-state index contributed by atoms with van der Waals surface area (Å²) in [5, 5.41) is 5.73. The van der Waals surface area contributed by atoms with Crippen molar-refractivity contribution in [3.8, 4) is 5.75 Å². The smallest absolute Gasteiger partial charge is 0.262 e. The third-order valence-corrected chi connectivity index (χ3v) is 5.70. The van der Waals surface area contributed by atoms with Crippen molar-refractivity contribution in [1.29, 1.82) is 0 Å². The monoisotopic (exact) mass is 422 g/mol. The average Bonchev–Trinajstić information content (AvgIpc) is 3.22. The fourth-order valence-electron chi connectivity index (χ4n) is 4.12. The first-order valence-electron chi connectivity index (χ1n) is 10.5. The molecule has 0 aromatic heterocycles. The fourth-order valence-corrected chi connectivity index (χ4v) is 4.12. The van der Waals surface area contributed by atoms with E-state index >= 15 is 0 Å². The molecule has 3 amide bonds. The summed E-state index contributed by atoms with van der Waals surface area (Å²) < 4.78 is 5.66. The Hall–Kier alpha value is -3.39. The van der Waals surface area contributed by atoms with Gasteiger partial charge in [0.05, 0.1) is 6.04 Å². The highest BCUT2D eigenvalue weighted by Gasteiger charge is 2.29. The standard InChI is InChI=1S/C23H26N4O4/c24-23(30)20-6-3-11-27(20)13-16-4-1-2-5-18(16)26-22(29)14-31-17-8-9-19-15(12-17)7-10-21(28)25-19/h1-2,4-5,8-9,12,20H,3,6-7,10-11,13-14H2,(H2,24,30)(H,25,28)(H,26,29). The molecule has 4 N–H and O–H groups in total. The van der Waals surface area contributed by atoms with Gasteiger partial charge in [-0.25, -0.2) is 0 Å². The van der Waals surface area contributed by atoms with Gasteiger partial charge in [0, 0.05) is 24.3 Å². The highest BCUT2D eigenvalue weighted by Crippen LogP contribution is 2.27. The maximum absolute atomic E-state index is 12.5. The fraction of sp³-hybridized carbons (Fsp3) is 0.348. The van der Waals surface area contributed by atoms with E-state index < -0.39 is 0 Å². The van der Waals surface area contributed by atoms with Crippen molar-refractivity contribution in [2.75, 3.05) is 23.8 Å². The predicted molar refractivity (Wildman–Crippen MR) is 117 cm³/mol. The molecule has 2 aromatic carbocycles. The number of likely N-dealkylation sites (tertiary alicyclic amines) is 1. The minimum atomic E-state index is -0.308. The minimum Gasteiger partial charge on any atom is -0.484 e. The number of carbonyl (C=O) groups excluding carboxylic acids is 3. The predicted octanol–water partition coefficient (Wildman–Crippen LogP) is 2.04. The Morgan fingerprint density at radius 2 is 2.03 bits per heavy atom. The molecule has 4 rings (SSSR count). The Bertz CT molecular complexity index is 1010. The number of primary amides is 1. The van der Waals surface area contributed by atoms with E-state index in [4.69, 9.17) is 10.5 Å². The summed E-state index contributed by atoms with van der Waals surface area (Å²) in [4.78, 5) is 37.7. The third-order valence-electron chi connectivity index (χ3n) is 5.70. The van der Waals surface area contributed by atoms with Crippen molar-refractivity contribution in [3.05, 3.63) is 53.6 Å². The molecule has 31 heavy (non-hydrogen) atoms. The first-order chi connectivity index (χ1) is 15.0. The van der Waals surface area contributed by atoms with Crippen LogP contribution in [0.25, 0.3) is 0 Å². The Labute approximate surface area is 180 Å². The average molecular weight is 422 g/mol. The summed E-state index contributed by atoms with van der Waals surface area (Å²) in [5.41, 5.74) is 8.92. The molecule has 0 bridgehead atoms. The number of hydrogen-bond acceptors (Lipinski definition) is 5. The number of fused-ring (bicyclic) bond motifs is 1. The summed E-state index contributed by atoms with van der Waals surface area (Å²) in [6, 6.07) is 12.7. The zero-order valence-corrected chi connectivity index (χ0v) is 17.2. The first kappa shape index (κ1) is 20.9. The zero-order chi connectivity index (χ0) is 21.8. The molecular formula is C23H26N4O4. The number of aryl methyl sites for hydroxylation is 1. The summed E-state index contributed by atoms with van der Waals surface area (Å²) in [6.07, 6.45) is 2.80. The molecule has 8 heteroatoms. The molecule has 1 atom stereocenters. The van der Waals surface area contributed by atoms with Crippen LogP contribution in [0.4, 0.5) is 11.4 Å². The number of nitrogens with two attached hydrogens (primary N) is 1. The van der Waals surface area contributed by atoms with Crippen LogP contribution in [0, 0.1) is 0 Å². The van der Waals surface area contributed by atoms with E-state index in [0.717, 1.165) is 36.2 Å². The van der Waals surface area contributed by atoms with Gasteiger partial charge in [-0.15, -0.1) is 0 Å². The van der Waals surface area contributed by atoms with Gasteiger partial charge in [0.1, 0.15) is 5.75 Å². The van der Waals surface area contributed by atoms with Crippen LogP contribution in [0.2, 0.25) is 0 Å². The SMILES string of the molecule is NC(=O)C1CCCN1Cc1ccccc1NC(=O)COc1ccc2c(c1)CCC(=O)N2. The van der Waals surface area contributed by atoms with Crippen LogP contribution in [-0.2, 0) is 27.3 Å². The molecule has 0 spiro atoms. The number of benzene rings is 2. The molecule has 8 nitrogen and oxygen atoms in total. The molecule has 162 valence electrons. The lowest BCUT2D eigenvalue weighted by atomic mass is 10.0. The normalized spacial score (nSPS) is 18.2. The Morgan fingerprint density at radius 1 is 1.19 bits per heavy atom. The van der Waals surface area contributed by atoms with Gasteiger partial charge in [0.2, 0.25) is 11.8 Å². The Kier molecular flexibility index (Phi) is 6.18. The molecule has 1 unspecified atom stereocenters. The van der Waals surface area contributed by atoms with Crippen LogP contribution in [0.15, 0.2) is 42.5 Å². The van der Waals surface area contributed by atoms with Crippen molar-refractivity contribution in [3.63, 3.8) is 0 Å². The van der Waals surface area contributed by atoms with Crippen LogP contribution in [0.3, 0.4) is 0 Å². The topological polar surface area (TPSA) is 114 Å². The van der Waals surface area contributed by atoms with Gasteiger partial charge in [0.25, 0.3) is 5.91 Å². The van der Waals surface area contributed by atoms with Crippen molar-refractivity contribution >= 4 is 29.1 Å². The number of hydrogen-bond donors (Lipinski definition) is 3. The van der Waals surface area contributed by atoms with Crippen LogP contribution >= 0.6 is 0 Å². The summed E-state index contributed by atoms with van der Waals surface area (Å²) >= 11 is 0. The molecule has 1 saturated heterocycles. The number of para-hydroxylation sites is 1. The maximum Gasteiger partial charge on any atom is 0.262 e. The van der Waals surface area contributed by atoms with Gasteiger partial charge >= 0.3 is 0 Å².